The molecule has 42 heavy (non-hydrogen) atoms. The first kappa shape index (κ1) is 27.5. The lowest BCUT2D eigenvalue weighted by Crippen LogP contribution is -2.44. The van der Waals surface area contributed by atoms with Gasteiger partial charge in [0.1, 0.15) is 52.8 Å². The number of likely N-dealkylation sites (tertiary alicyclic amines) is 1. The van der Waals surface area contributed by atoms with Gasteiger partial charge in [0.15, 0.2) is 0 Å². The molecule has 0 saturated carbocycles. The SMILES string of the molecule is Cc1ncc(-c2cc(C)c3c(c2)c2c(N)ncnc2n3CC(=O)N2CC(C)(F)CC2C(=O)Nc2cccc(Cl)n2)cn1. The predicted molar refractivity (Wildman–Crippen MR) is 157 cm³/mol. The van der Waals surface area contributed by atoms with Gasteiger partial charge in [0.05, 0.1) is 17.4 Å². The van der Waals surface area contributed by atoms with Gasteiger partial charge in [0.25, 0.3) is 0 Å². The van der Waals surface area contributed by atoms with E-state index in [1.54, 1.807) is 35.2 Å². The van der Waals surface area contributed by atoms with Crippen molar-refractivity contribution in [3.8, 4) is 11.1 Å². The van der Waals surface area contributed by atoms with Gasteiger partial charge in [-0.15, -0.1) is 0 Å². The summed E-state index contributed by atoms with van der Waals surface area (Å²) >= 11 is 5.95. The third kappa shape index (κ3) is 4.98. The number of hydrogen-bond donors (Lipinski definition) is 2. The molecule has 6 rings (SSSR count). The van der Waals surface area contributed by atoms with Gasteiger partial charge in [-0.2, -0.15) is 0 Å². The van der Waals surface area contributed by atoms with E-state index in [0.717, 1.165) is 27.6 Å². The summed E-state index contributed by atoms with van der Waals surface area (Å²) < 4.78 is 17.0. The molecule has 1 aromatic carbocycles. The first-order valence-electron chi connectivity index (χ1n) is 13.2. The highest BCUT2D eigenvalue weighted by Crippen LogP contribution is 2.37. The molecule has 0 bridgehead atoms. The van der Waals surface area contributed by atoms with Crippen LogP contribution in [0, 0.1) is 13.8 Å². The summed E-state index contributed by atoms with van der Waals surface area (Å²) in [5, 5.41) is 4.20. The molecule has 2 amide bonds. The van der Waals surface area contributed by atoms with Crippen LogP contribution < -0.4 is 11.1 Å². The normalized spacial score (nSPS) is 18.6. The minimum absolute atomic E-state index is 0.158. The topological polar surface area (TPSA) is 145 Å². The summed E-state index contributed by atoms with van der Waals surface area (Å²) in [4.78, 5) is 49.7. The smallest absolute Gasteiger partial charge is 0.248 e. The Bertz CT molecular complexity index is 1870. The van der Waals surface area contributed by atoms with E-state index >= 15 is 4.39 Å². The number of nitrogens with zero attached hydrogens (tertiary/aromatic N) is 7. The molecule has 13 heteroatoms. The van der Waals surface area contributed by atoms with Crippen LogP contribution in [0.15, 0.2) is 49.1 Å². The number of alkyl halides is 1. The number of fused-ring (bicyclic) bond motifs is 3. The zero-order chi connectivity index (χ0) is 29.8. The average molecular weight is 588 g/mol. The summed E-state index contributed by atoms with van der Waals surface area (Å²) in [6.45, 7) is 4.69. The van der Waals surface area contributed by atoms with E-state index in [4.69, 9.17) is 17.3 Å². The number of pyridine rings is 1. The lowest BCUT2D eigenvalue weighted by atomic mass is 10.0. The summed E-state index contributed by atoms with van der Waals surface area (Å²) in [6, 6.07) is 7.65. The molecule has 1 aliphatic heterocycles. The molecule has 2 unspecified atom stereocenters. The molecule has 0 spiro atoms. The van der Waals surface area contributed by atoms with Gasteiger partial charge in [-0.05, 0) is 56.2 Å². The van der Waals surface area contributed by atoms with E-state index in [2.05, 4.69) is 30.2 Å². The van der Waals surface area contributed by atoms with Crippen LogP contribution in [0.2, 0.25) is 5.15 Å². The predicted octanol–water partition coefficient (Wildman–Crippen LogP) is 4.26. The number of carbonyl (C=O) groups is 2. The zero-order valence-corrected chi connectivity index (χ0v) is 23.9. The molecule has 0 radical (unpaired) electrons. The first-order valence-corrected chi connectivity index (χ1v) is 13.6. The molecule has 1 fully saturated rings. The van der Waals surface area contributed by atoms with E-state index in [-0.39, 0.29) is 36.3 Å². The monoisotopic (exact) mass is 587 g/mol. The van der Waals surface area contributed by atoms with Crippen molar-refractivity contribution in [2.24, 2.45) is 0 Å². The van der Waals surface area contributed by atoms with Gasteiger partial charge in [-0.1, -0.05) is 17.7 Å². The maximum Gasteiger partial charge on any atom is 0.248 e. The summed E-state index contributed by atoms with van der Waals surface area (Å²) in [5.41, 5.74) is 8.30. The Balaban J connectivity index is 1.39. The van der Waals surface area contributed by atoms with Crippen molar-refractivity contribution in [2.75, 3.05) is 17.6 Å². The number of nitrogens with two attached hydrogens (primary N) is 1. The van der Waals surface area contributed by atoms with Crippen LogP contribution in [0.25, 0.3) is 33.1 Å². The highest BCUT2D eigenvalue weighted by molar-refractivity contribution is 6.29. The lowest BCUT2D eigenvalue weighted by molar-refractivity contribution is -0.137. The van der Waals surface area contributed by atoms with Crippen molar-refractivity contribution < 1.29 is 14.0 Å². The van der Waals surface area contributed by atoms with Crippen molar-refractivity contribution in [1.82, 2.24) is 34.4 Å². The van der Waals surface area contributed by atoms with Crippen molar-refractivity contribution in [3.05, 3.63) is 65.6 Å². The van der Waals surface area contributed by atoms with Crippen LogP contribution >= 0.6 is 11.6 Å². The van der Waals surface area contributed by atoms with Gasteiger partial charge in [-0.25, -0.2) is 29.3 Å². The Morgan fingerprint density at radius 3 is 2.64 bits per heavy atom. The number of anilines is 2. The maximum atomic E-state index is 15.3. The van der Waals surface area contributed by atoms with Gasteiger partial charge >= 0.3 is 0 Å². The summed E-state index contributed by atoms with van der Waals surface area (Å²) in [5.74, 6) is 0.145. The van der Waals surface area contributed by atoms with Gasteiger partial charge < -0.3 is 20.5 Å². The van der Waals surface area contributed by atoms with E-state index < -0.39 is 23.5 Å². The fraction of sp³-hybridized carbons (Fsp3) is 0.276. The number of halogens is 2. The quantitative estimate of drug-likeness (QED) is 0.290. The fourth-order valence-corrected chi connectivity index (χ4v) is 5.77. The molecule has 11 nitrogen and oxygen atoms in total. The van der Waals surface area contributed by atoms with E-state index in [0.29, 0.717) is 16.9 Å². The Morgan fingerprint density at radius 1 is 1.14 bits per heavy atom. The molecule has 5 heterocycles. The second kappa shape index (κ2) is 10.3. The first-order chi connectivity index (χ1) is 20.0. The molecule has 1 aliphatic rings. The number of nitrogens with one attached hydrogen (secondary N) is 1. The Kier molecular flexibility index (Phi) is 6.72. The molecule has 1 saturated heterocycles. The zero-order valence-electron chi connectivity index (χ0n) is 23.1. The van der Waals surface area contributed by atoms with Gasteiger partial charge in [0, 0.05) is 29.8 Å². The number of rotatable bonds is 5. The summed E-state index contributed by atoms with van der Waals surface area (Å²) in [6.07, 6.45) is 4.67. The minimum Gasteiger partial charge on any atom is -0.383 e. The van der Waals surface area contributed by atoms with Crippen LogP contribution in [0.3, 0.4) is 0 Å². The van der Waals surface area contributed by atoms with Crippen LogP contribution in [0.1, 0.15) is 24.7 Å². The molecule has 0 aliphatic carbocycles. The van der Waals surface area contributed by atoms with E-state index in [9.17, 15) is 9.59 Å². The molecule has 214 valence electrons. The van der Waals surface area contributed by atoms with Gasteiger partial charge in [-0.3, -0.25) is 9.59 Å². The number of benzene rings is 1. The molecule has 5 aromatic rings. The minimum atomic E-state index is -1.76. The van der Waals surface area contributed by atoms with Crippen LogP contribution in [-0.4, -0.2) is 64.5 Å². The summed E-state index contributed by atoms with van der Waals surface area (Å²) in [7, 11) is 0. The Labute approximate surface area is 245 Å². The van der Waals surface area contributed by atoms with E-state index in [1.807, 2.05) is 26.0 Å². The number of aryl methyl sites for hydroxylation is 2. The molecule has 3 N–H and O–H groups in total. The highest BCUT2D eigenvalue weighted by atomic mass is 35.5. The van der Waals surface area contributed by atoms with E-state index in [1.165, 1.54) is 18.2 Å². The fourth-order valence-electron chi connectivity index (χ4n) is 5.60. The third-order valence-corrected chi connectivity index (χ3v) is 7.65. The standard InChI is InChI=1S/C29H27ClFN9O2/c1-15-7-17(18-10-33-16(2)34-11-18)8-19-24-26(32)35-14-36-27(24)39(25(15)19)12-23(41)40-13-29(3,31)9-20(40)28(42)38-22-6-4-5-21(30)37-22/h4-8,10-11,14,20H,9,12-13H2,1-3H3,(H2,32,35,36)(H,37,38,42). The maximum absolute atomic E-state index is 15.3. The number of hydrogen-bond acceptors (Lipinski definition) is 8. The second-order valence-electron chi connectivity index (χ2n) is 10.7. The van der Waals surface area contributed by atoms with Crippen molar-refractivity contribution in [3.63, 3.8) is 0 Å². The van der Waals surface area contributed by atoms with Crippen molar-refractivity contribution in [2.45, 2.75) is 45.4 Å². The van der Waals surface area contributed by atoms with Crippen LogP contribution in [0.4, 0.5) is 16.0 Å². The van der Waals surface area contributed by atoms with Crippen molar-refractivity contribution >= 4 is 57.0 Å². The molecule has 4 aromatic heterocycles. The average Bonchev–Trinajstić information content (AvgIpc) is 3.44. The Morgan fingerprint density at radius 2 is 1.90 bits per heavy atom. The largest absolute Gasteiger partial charge is 0.383 e. The molecular weight excluding hydrogens is 561 g/mol. The molecule has 2 atom stereocenters. The van der Waals surface area contributed by atoms with Crippen LogP contribution in [-0.2, 0) is 16.1 Å². The lowest BCUT2D eigenvalue weighted by Gasteiger charge is -2.24. The second-order valence-corrected chi connectivity index (χ2v) is 11.1. The van der Waals surface area contributed by atoms with Gasteiger partial charge in [0.2, 0.25) is 11.8 Å². The van der Waals surface area contributed by atoms with Crippen LogP contribution in [0.5, 0.6) is 0 Å². The third-order valence-electron chi connectivity index (χ3n) is 7.44. The number of aromatic nitrogens is 6. The number of carbonyl (C=O) groups excluding carboxylic acids is 2. The number of amides is 2. The van der Waals surface area contributed by atoms with Crippen molar-refractivity contribution in [1.29, 1.82) is 0 Å². The Hall–Kier alpha value is -4.71. The highest BCUT2D eigenvalue weighted by Gasteiger charge is 2.46. The molecular formula is C29H27ClFN9O2. The number of nitrogen functional groups attached to an aromatic ring is 1.